The Hall–Kier alpha value is -2.44. The monoisotopic (exact) mass is 283 g/mol. The van der Waals surface area contributed by atoms with Gasteiger partial charge in [0.1, 0.15) is 0 Å². The molecular weight excluding hydrogens is 275 g/mol. The van der Waals surface area contributed by atoms with Crippen LogP contribution in [0.1, 0.15) is 15.9 Å². The van der Waals surface area contributed by atoms with Crippen LogP contribution in [0.25, 0.3) is 6.58 Å². The first-order chi connectivity index (χ1) is 9.25. The van der Waals surface area contributed by atoms with Crippen molar-refractivity contribution in [2.24, 2.45) is 4.99 Å². The van der Waals surface area contributed by atoms with Crippen molar-refractivity contribution in [3.05, 3.63) is 45.6 Å². The summed E-state index contributed by atoms with van der Waals surface area (Å²) in [6, 6.07) is 1.87. The summed E-state index contributed by atoms with van der Waals surface area (Å²) in [5, 5.41) is -0.136. The number of ketones is 1. The third kappa shape index (κ3) is 2.22. The predicted octanol–water partition coefficient (Wildman–Crippen LogP) is 0.989. The Morgan fingerprint density at radius 3 is 2.55 bits per heavy atom. The lowest BCUT2D eigenvalue weighted by Crippen LogP contribution is -2.36. The Morgan fingerprint density at radius 2 is 2.00 bits per heavy atom. The van der Waals surface area contributed by atoms with Gasteiger partial charge in [0, 0.05) is 6.08 Å². The molecule has 0 unspecified atom stereocenters. The quantitative estimate of drug-likeness (QED) is 0.722. The normalized spacial score (nSPS) is 14.2. The van der Waals surface area contributed by atoms with Crippen molar-refractivity contribution >= 4 is 18.3 Å². The molecule has 0 saturated heterocycles. The molecule has 20 heavy (non-hydrogen) atoms. The molecule has 2 rings (SSSR count). The Bertz CT molecular complexity index is 747. The summed E-state index contributed by atoms with van der Waals surface area (Å²) in [6.07, 6.45) is -3.97. The Kier molecular flexibility index (Phi) is 3.21. The summed E-state index contributed by atoms with van der Waals surface area (Å²) in [5.74, 6) is -1.85. The molecule has 0 spiro atoms. The molecule has 0 radical (unpaired) electrons. The van der Waals surface area contributed by atoms with Crippen LogP contribution in [0.15, 0.2) is 28.9 Å². The second-order valence-corrected chi connectivity index (χ2v) is 3.99. The molecule has 4 nitrogen and oxygen atoms in total. The SMILES string of the molecule is C=c1ccc(C(F)(F)F)c2c1=NC(C(=O)OC)=CC2=O. The largest absolute Gasteiger partial charge is 0.464 e. The van der Waals surface area contributed by atoms with Crippen LogP contribution in [0, 0.1) is 0 Å². The van der Waals surface area contributed by atoms with E-state index in [1.54, 1.807) is 0 Å². The van der Waals surface area contributed by atoms with Crippen LogP contribution in [0.4, 0.5) is 13.2 Å². The third-order valence-corrected chi connectivity index (χ3v) is 2.71. The van der Waals surface area contributed by atoms with Gasteiger partial charge in [-0.15, -0.1) is 0 Å². The van der Waals surface area contributed by atoms with E-state index in [4.69, 9.17) is 0 Å². The zero-order valence-electron chi connectivity index (χ0n) is 10.2. The van der Waals surface area contributed by atoms with Crippen molar-refractivity contribution in [3.8, 4) is 0 Å². The molecule has 7 heteroatoms. The zero-order chi connectivity index (χ0) is 15.1. The standard InChI is InChI=1S/C13H8F3NO3/c1-6-3-4-7(13(14,15)16)10-9(18)5-8(12(19)20-2)17-11(6)10/h3-5H,1H2,2H3. The van der Waals surface area contributed by atoms with E-state index in [9.17, 15) is 22.8 Å². The van der Waals surface area contributed by atoms with Gasteiger partial charge in [-0.1, -0.05) is 12.6 Å². The van der Waals surface area contributed by atoms with E-state index < -0.39 is 29.1 Å². The van der Waals surface area contributed by atoms with Crippen molar-refractivity contribution in [1.29, 1.82) is 0 Å². The fourth-order valence-corrected chi connectivity index (χ4v) is 1.81. The highest BCUT2D eigenvalue weighted by Gasteiger charge is 2.36. The van der Waals surface area contributed by atoms with Crippen molar-refractivity contribution < 1.29 is 27.5 Å². The number of allylic oxidation sites excluding steroid dienone is 1. The van der Waals surface area contributed by atoms with E-state index in [-0.39, 0.29) is 16.3 Å². The van der Waals surface area contributed by atoms with Crippen LogP contribution < -0.4 is 10.6 Å². The first kappa shape index (κ1) is 14.0. The van der Waals surface area contributed by atoms with Crippen LogP contribution in [-0.2, 0) is 15.7 Å². The molecule has 1 aliphatic rings. The Labute approximate surface area is 110 Å². The van der Waals surface area contributed by atoms with Crippen molar-refractivity contribution in [1.82, 2.24) is 0 Å². The van der Waals surface area contributed by atoms with Gasteiger partial charge in [-0.2, -0.15) is 13.2 Å². The molecule has 1 heterocycles. The number of ether oxygens (including phenoxy) is 1. The van der Waals surface area contributed by atoms with Gasteiger partial charge in [0.15, 0.2) is 11.5 Å². The summed E-state index contributed by atoms with van der Waals surface area (Å²) in [5.41, 5.74) is -2.05. The highest BCUT2D eigenvalue weighted by Crippen LogP contribution is 2.31. The molecule has 0 bridgehead atoms. The molecule has 0 fully saturated rings. The number of nitrogens with zero attached hydrogens (tertiary/aromatic N) is 1. The highest BCUT2D eigenvalue weighted by molar-refractivity contribution is 6.10. The van der Waals surface area contributed by atoms with Gasteiger partial charge >= 0.3 is 12.1 Å². The number of benzene rings is 1. The maximum Gasteiger partial charge on any atom is 0.417 e. The first-order valence-electron chi connectivity index (χ1n) is 5.38. The molecule has 104 valence electrons. The predicted molar refractivity (Wildman–Crippen MR) is 62.2 cm³/mol. The minimum Gasteiger partial charge on any atom is -0.464 e. The second kappa shape index (κ2) is 4.59. The molecule has 0 aliphatic carbocycles. The van der Waals surface area contributed by atoms with Gasteiger partial charge in [0.05, 0.1) is 23.6 Å². The minimum atomic E-state index is -4.69. The molecule has 0 aromatic heterocycles. The zero-order valence-corrected chi connectivity index (χ0v) is 10.2. The smallest absolute Gasteiger partial charge is 0.417 e. The number of hydrogen-bond donors (Lipinski definition) is 0. The fourth-order valence-electron chi connectivity index (χ4n) is 1.81. The second-order valence-electron chi connectivity index (χ2n) is 3.99. The average molecular weight is 283 g/mol. The molecular formula is C13H8F3NO3. The number of methoxy groups -OCH3 is 1. The summed E-state index contributed by atoms with van der Waals surface area (Å²) < 4.78 is 43.0. The van der Waals surface area contributed by atoms with E-state index in [0.29, 0.717) is 0 Å². The van der Waals surface area contributed by atoms with Crippen molar-refractivity contribution in [3.63, 3.8) is 0 Å². The van der Waals surface area contributed by atoms with Gasteiger partial charge in [0.2, 0.25) is 0 Å². The summed E-state index contributed by atoms with van der Waals surface area (Å²) >= 11 is 0. The van der Waals surface area contributed by atoms with Crippen LogP contribution in [0.3, 0.4) is 0 Å². The van der Waals surface area contributed by atoms with Gasteiger partial charge in [0.25, 0.3) is 0 Å². The topological polar surface area (TPSA) is 55.7 Å². The lowest BCUT2D eigenvalue weighted by molar-refractivity contribution is -0.138. The van der Waals surface area contributed by atoms with E-state index in [1.165, 1.54) is 0 Å². The highest BCUT2D eigenvalue weighted by atomic mass is 19.4. The van der Waals surface area contributed by atoms with Gasteiger partial charge < -0.3 is 4.74 Å². The Morgan fingerprint density at radius 1 is 1.35 bits per heavy atom. The molecule has 0 saturated carbocycles. The number of hydrogen-bond acceptors (Lipinski definition) is 4. The summed E-state index contributed by atoms with van der Waals surface area (Å²) in [4.78, 5) is 26.9. The summed E-state index contributed by atoms with van der Waals surface area (Å²) in [7, 11) is 1.08. The van der Waals surface area contributed by atoms with Crippen LogP contribution >= 0.6 is 0 Å². The molecule has 0 atom stereocenters. The number of carbonyl (C=O) groups excluding carboxylic acids is 2. The molecule has 0 N–H and O–H groups in total. The Balaban J connectivity index is 2.80. The molecule has 1 aromatic rings. The number of alkyl halides is 3. The average Bonchev–Trinajstić information content (AvgIpc) is 2.37. The third-order valence-electron chi connectivity index (χ3n) is 2.71. The molecule has 0 amide bonds. The van der Waals surface area contributed by atoms with Crippen molar-refractivity contribution in [2.45, 2.75) is 6.18 Å². The van der Waals surface area contributed by atoms with Gasteiger partial charge in [-0.3, -0.25) is 4.79 Å². The first-order valence-corrected chi connectivity index (χ1v) is 5.38. The van der Waals surface area contributed by atoms with E-state index in [2.05, 4.69) is 16.3 Å². The minimum absolute atomic E-state index is 0.121. The fraction of sp³-hybridized carbons (Fsp3) is 0.154. The van der Waals surface area contributed by atoms with E-state index in [0.717, 1.165) is 25.3 Å². The van der Waals surface area contributed by atoms with Gasteiger partial charge in [-0.05, 0) is 11.3 Å². The number of carbonyl (C=O) groups is 2. The molecule has 1 aromatic carbocycles. The van der Waals surface area contributed by atoms with Crippen LogP contribution in [0.2, 0.25) is 0 Å². The maximum absolute atomic E-state index is 12.9. The van der Waals surface area contributed by atoms with Crippen LogP contribution in [0.5, 0.6) is 0 Å². The lowest BCUT2D eigenvalue weighted by atomic mass is 9.98. The van der Waals surface area contributed by atoms with E-state index in [1.807, 2.05) is 0 Å². The summed E-state index contributed by atoms with van der Waals surface area (Å²) in [6.45, 7) is 3.52. The number of halogens is 3. The number of rotatable bonds is 1. The van der Waals surface area contributed by atoms with Crippen molar-refractivity contribution in [2.75, 3.05) is 7.11 Å². The lowest BCUT2D eigenvalue weighted by Gasteiger charge is -2.14. The van der Waals surface area contributed by atoms with E-state index >= 15 is 0 Å². The molecule has 1 aliphatic heterocycles. The number of esters is 1. The number of fused-ring (bicyclic) bond motifs is 1. The van der Waals surface area contributed by atoms with Crippen LogP contribution in [-0.4, -0.2) is 18.9 Å². The maximum atomic E-state index is 12.9. The van der Waals surface area contributed by atoms with Gasteiger partial charge in [-0.25, -0.2) is 9.79 Å².